The first-order valence-electron chi connectivity index (χ1n) is 9.41. The Bertz CT molecular complexity index is 1130. The summed E-state index contributed by atoms with van der Waals surface area (Å²) in [5.74, 6) is -0.0913. The average molecular weight is 443 g/mol. The van der Waals surface area contributed by atoms with Crippen LogP contribution in [0.2, 0.25) is 5.02 Å². The van der Waals surface area contributed by atoms with Gasteiger partial charge in [0.1, 0.15) is 0 Å². The van der Waals surface area contributed by atoms with Gasteiger partial charge in [-0.2, -0.15) is 0 Å². The number of aryl methyl sites for hydroxylation is 1. The molecule has 0 unspecified atom stereocenters. The van der Waals surface area contributed by atoms with Crippen LogP contribution in [0.3, 0.4) is 0 Å². The van der Waals surface area contributed by atoms with Crippen molar-refractivity contribution in [3.05, 3.63) is 94.5 Å². The van der Waals surface area contributed by atoms with Crippen LogP contribution in [0, 0.1) is 6.92 Å². The second-order valence-electron chi connectivity index (χ2n) is 7.04. The van der Waals surface area contributed by atoms with E-state index in [1.807, 2.05) is 31.2 Å². The number of carbonyl (C=O) groups excluding carboxylic acids is 1. The van der Waals surface area contributed by atoms with Gasteiger partial charge in [-0.25, -0.2) is 8.42 Å². The third kappa shape index (κ3) is 5.40. The summed E-state index contributed by atoms with van der Waals surface area (Å²) in [7, 11) is -2.20. The second kappa shape index (κ2) is 9.32. The minimum Gasteiger partial charge on any atom is -0.352 e. The molecule has 5 nitrogen and oxygen atoms in total. The van der Waals surface area contributed by atoms with Crippen molar-refractivity contribution in [1.29, 1.82) is 0 Å². The third-order valence-corrected chi connectivity index (χ3v) is 6.76. The van der Waals surface area contributed by atoms with Gasteiger partial charge in [0.25, 0.3) is 10.0 Å². The molecule has 3 aromatic carbocycles. The van der Waals surface area contributed by atoms with E-state index in [9.17, 15) is 13.2 Å². The fourth-order valence-electron chi connectivity index (χ4n) is 3.00. The maximum atomic E-state index is 12.8. The summed E-state index contributed by atoms with van der Waals surface area (Å²) in [6.07, 6.45) is 0.222. The minimum absolute atomic E-state index is 0.0913. The number of nitrogens with one attached hydrogen (secondary N) is 1. The van der Waals surface area contributed by atoms with E-state index in [-0.39, 0.29) is 17.2 Å². The van der Waals surface area contributed by atoms with Gasteiger partial charge in [-0.15, -0.1) is 0 Å². The molecular weight excluding hydrogens is 420 g/mol. The molecule has 0 atom stereocenters. The van der Waals surface area contributed by atoms with Crippen LogP contribution in [0.4, 0.5) is 5.69 Å². The van der Waals surface area contributed by atoms with Crippen molar-refractivity contribution in [3.63, 3.8) is 0 Å². The summed E-state index contributed by atoms with van der Waals surface area (Å²) < 4.78 is 26.7. The predicted octanol–water partition coefficient (Wildman–Crippen LogP) is 4.33. The van der Waals surface area contributed by atoms with Crippen LogP contribution >= 0.6 is 11.6 Å². The largest absolute Gasteiger partial charge is 0.352 e. The molecule has 3 rings (SSSR count). The maximum absolute atomic E-state index is 12.8. The smallest absolute Gasteiger partial charge is 0.264 e. The van der Waals surface area contributed by atoms with E-state index in [1.165, 1.54) is 23.5 Å². The first kappa shape index (κ1) is 21.9. The summed E-state index contributed by atoms with van der Waals surface area (Å²) in [4.78, 5) is 12.4. The van der Waals surface area contributed by atoms with Gasteiger partial charge in [-0.3, -0.25) is 9.10 Å². The van der Waals surface area contributed by atoms with E-state index in [4.69, 9.17) is 11.6 Å². The molecule has 7 heteroatoms. The average Bonchev–Trinajstić information content (AvgIpc) is 2.73. The van der Waals surface area contributed by atoms with E-state index in [1.54, 1.807) is 36.4 Å². The van der Waals surface area contributed by atoms with E-state index in [0.717, 1.165) is 16.7 Å². The van der Waals surface area contributed by atoms with Gasteiger partial charge in [0.2, 0.25) is 5.91 Å². The quantitative estimate of drug-likeness (QED) is 0.592. The number of nitrogens with zero attached hydrogens (tertiary/aromatic N) is 1. The van der Waals surface area contributed by atoms with Gasteiger partial charge >= 0.3 is 0 Å². The van der Waals surface area contributed by atoms with Crippen LogP contribution in [0.1, 0.15) is 16.7 Å². The van der Waals surface area contributed by atoms with E-state index < -0.39 is 10.0 Å². The van der Waals surface area contributed by atoms with Crippen LogP contribution in [0.15, 0.2) is 77.7 Å². The first-order valence-corrected chi connectivity index (χ1v) is 11.2. The molecule has 1 N–H and O–H groups in total. The molecule has 0 heterocycles. The van der Waals surface area contributed by atoms with Crippen LogP contribution < -0.4 is 9.62 Å². The van der Waals surface area contributed by atoms with Crippen LogP contribution in [0.25, 0.3) is 0 Å². The Morgan fingerprint density at radius 3 is 2.27 bits per heavy atom. The molecule has 0 saturated carbocycles. The summed E-state index contributed by atoms with van der Waals surface area (Å²) in [5, 5.41) is 3.38. The normalized spacial score (nSPS) is 11.2. The summed E-state index contributed by atoms with van der Waals surface area (Å²) in [6.45, 7) is 2.48. The van der Waals surface area contributed by atoms with Gasteiger partial charge in [0.05, 0.1) is 17.0 Å². The lowest BCUT2D eigenvalue weighted by Crippen LogP contribution is -2.26. The van der Waals surface area contributed by atoms with Crippen LogP contribution in [0.5, 0.6) is 0 Å². The molecule has 30 heavy (non-hydrogen) atoms. The Balaban J connectivity index is 1.62. The molecule has 0 saturated heterocycles. The molecule has 156 valence electrons. The van der Waals surface area contributed by atoms with Crippen LogP contribution in [-0.4, -0.2) is 21.4 Å². The molecule has 3 aromatic rings. The van der Waals surface area contributed by atoms with Gasteiger partial charge in [-0.05, 0) is 54.4 Å². The monoisotopic (exact) mass is 442 g/mol. The highest BCUT2D eigenvalue weighted by Crippen LogP contribution is 2.23. The number of hydrogen-bond acceptors (Lipinski definition) is 3. The minimum atomic E-state index is -3.69. The van der Waals surface area contributed by atoms with Crippen molar-refractivity contribution in [1.82, 2.24) is 5.32 Å². The van der Waals surface area contributed by atoms with Crippen molar-refractivity contribution < 1.29 is 13.2 Å². The molecule has 0 bridgehead atoms. The third-order valence-electron chi connectivity index (χ3n) is 4.71. The van der Waals surface area contributed by atoms with E-state index in [0.29, 0.717) is 17.3 Å². The maximum Gasteiger partial charge on any atom is 0.264 e. The topological polar surface area (TPSA) is 66.5 Å². The number of halogens is 1. The fourth-order valence-corrected chi connectivity index (χ4v) is 4.32. The number of sulfonamides is 1. The Labute approximate surface area is 182 Å². The number of amides is 1. The van der Waals surface area contributed by atoms with Crippen molar-refractivity contribution in [2.45, 2.75) is 24.8 Å². The number of rotatable bonds is 7. The summed E-state index contributed by atoms with van der Waals surface area (Å²) in [6, 6.07) is 20.9. The Morgan fingerprint density at radius 2 is 1.63 bits per heavy atom. The number of benzene rings is 3. The molecule has 0 spiro atoms. The standard InChI is InChI=1S/C23H23ClN2O3S/c1-17-4-3-5-19(14-17)16-25-23(27)15-18-6-10-21(11-7-18)26(2)30(28,29)22-12-8-20(24)9-13-22/h3-14H,15-16H2,1-2H3,(H,25,27). The van der Waals surface area contributed by atoms with Crippen molar-refractivity contribution in [2.75, 3.05) is 11.4 Å². The zero-order valence-corrected chi connectivity index (χ0v) is 18.4. The molecule has 0 aliphatic rings. The first-order chi connectivity index (χ1) is 14.3. The molecule has 0 aromatic heterocycles. The molecule has 0 aliphatic heterocycles. The van der Waals surface area contributed by atoms with Gasteiger partial charge in [-0.1, -0.05) is 53.6 Å². The lowest BCUT2D eigenvalue weighted by Gasteiger charge is -2.20. The summed E-state index contributed by atoms with van der Waals surface area (Å²) in [5.41, 5.74) is 3.51. The number of carbonyl (C=O) groups is 1. The highest BCUT2D eigenvalue weighted by atomic mass is 35.5. The van der Waals surface area contributed by atoms with Crippen molar-refractivity contribution in [2.24, 2.45) is 0 Å². The van der Waals surface area contributed by atoms with E-state index in [2.05, 4.69) is 5.32 Å². The number of hydrogen-bond donors (Lipinski definition) is 1. The fraction of sp³-hybridized carbons (Fsp3) is 0.174. The lowest BCUT2D eigenvalue weighted by atomic mass is 10.1. The zero-order valence-electron chi connectivity index (χ0n) is 16.8. The zero-order chi connectivity index (χ0) is 21.7. The van der Waals surface area contributed by atoms with Gasteiger partial charge in [0.15, 0.2) is 0 Å². The molecule has 0 aliphatic carbocycles. The lowest BCUT2D eigenvalue weighted by molar-refractivity contribution is -0.120. The highest BCUT2D eigenvalue weighted by Gasteiger charge is 2.21. The number of anilines is 1. The molecule has 0 radical (unpaired) electrons. The predicted molar refractivity (Wildman–Crippen MR) is 120 cm³/mol. The van der Waals surface area contributed by atoms with Crippen LogP contribution in [-0.2, 0) is 27.8 Å². The molecule has 1 amide bonds. The van der Waals surface area contributed by atoms with Gasteiger partial charge in [0, 0.05) is 18.6 Å². The highest BCUT2D eigenvalue weighted by molar-refractivity contribution is 7.92. The van der Waals surface area contributed by atoms with Crippen molar-refractivity contribution in [3.8, 4) is 0 Å². The van der Waals surface area contributed by atoms with Gasteiger partial charge < -0.3 is 5.32 Å². The molecular formula is C23H23ClN2O3S. The van der Waals surface area contributed by atoms with Crippen molar-refractivity contribution >= 4 is 33.2 Å². The Kier molecular flexibility index (Phi) is 6.80. The Hall–Kier alpha value is -2.83. The second-order valence-corrected chi connectivity index (χ2v) is 9.44. The Morgan fingerprint density at radius 1 is 0.967 bits per heavy atom. The summed E-state index contributed by atoms with van der Waals surface area (Å²) >= 11 is 5.84. The molecule has 0 fully saturated rings. The van der Waals surface area contributed by atoms with E-state index >= 15 is 0 Å². The SMILES string of the molecule is Cc1cccc(CNC(=O)Cc2ccc(N(C)S(=O)(=O)c3ccc(Cl)cc3)cc2)c1.